The molecule has 0 aromatic heterocycles. The van der Waals surface area contributed by atoms with Crippen molar-refractivity contribution < 1.29 is 13.2 Å². The van der Waals surface area contributed by atoms with Gasteiger partial charge in [-0.25, -0.2) is 8.42 Å². The highest BCUT2D eigenvalue weighted by atomic mass is 35.5. The molecule has 0 saturated heterocycles. The highest BCUT2D eigenvalue weighted by Crippen LogP contribution is 2.25. The fraction of sp³-hybridized carbons (Fsp3) is 0.316. The molecule has 1 amide bonds. The van der Waals surface area contributed by atoms with Crippen LogP contribution in [0, 0.1) is 0 Å². The molecule has 2 aromatic carbocycles. The first kappa shape index (κ1) is 21.7. The molecule has 0 heterocycles. The molecule has 146 valence electrons. The molecule has 0 unspecified atom stereocenters. The molecule has 1 atom stereocenters. The van der Waals surface area contributed by atoms with E-state index in [0.29, 0.717) is 0 Å². The summed E-state index contributed by atoms with van der Waals surface area (Å²) in [6.07, 6.45) is 0.195. The van der Waals surface area contributed by atoms with Gasteiger partial charge in [0.25, 0.3) is 0 Å². The summed E-state index contributed by atoms with van der Waals surface area (Å²) in [5.74, 6) is -0.423. The number of halogens is 2. The predicted octanol–water partition coefficient (Wildman–Crippen LogP) is 3.80. The van der Waals surface area contributed by atoms with Crippen molar-refractivity contribution in [2.45, 2.75) is 43.7 Å². The zero-order valence-corrected chi connectivity index (χ0v) is 17.6. The van der Waals surface area contributed by atoms with E-state index in [0.717, 1.165) is 5.56 Å². The first-order valence-electron chi connectivity index (χ1n) is 8.31. The standard InChI is InChI=1S/C19H22Cl2N2O3S/c1-19(2,3)22-18(24)16(11-13-7-5-4-6-8-13)23-27(25,26)17-12-14(20)9-10-15(17)21/h4-10,12,16,23H,11H2,1-3H3,(H,22,24)/t16-/m0/s1. The van der Waals surface area contributed by atoms with Gasteiger partial charge in [0.15, 0.2) is 0 Å². The third-order valence-corrected chi connectivity index (χ3v) is 5.77. The Labute approximate surface area is 170 Å². The molecular weight excluding hydrogens is 407 g/mol. The van der Waals surface area contributed by atoms with Gasteiger partial charge in [-0.05, 0) is 51.0 Å². The van der Waals surface area contributed by atoms with Crippen LogP contribution in [0.5, 0.6) is 0 Å². The zero-order chi connectivity index (χ0) is 20.2. The molecule has 8 heteroatoms. The maximum Gasteiger partial charge on any atom is 0.242 e. The van der Waals surface area contributed by atoms with Crippen molar-refractivity contribution in [2.24, 2.45) is 0 Å². The molecule has 0 bridgehead atoms. The lowest BCUT2D eigenvalue weighted by atomic mass is 10.0. The molecule has 0 aliphatic rings. The number of benzene rings is 2. The Morgan fingerprint density at radius 2 is 1.70 bits per heavy atom. The molecular formula is C19H22Cl2N2O3S. The summed E-state index contributed by atoms with van der Waals surface area (Å²) in [7, 11) is -4.06. The number of hydrogen-bond acceptors (Lipinski definition) is 3. The minimum atomic E-state index is -4.06. The molecule has 0 aliphatic heterocycles. The largest absolute Gasteiger partial charge is 0.350 e. The Kier molecular flexibility index (Phi) is 6.92. The summed E-state index contributed by atoms with van der Waals surface area (Å²) in [5.41, 5.74) is 0.317. The highest BCUT2D eigenvalue weighted by Gasteiger charge is 2.29. The normalized spacial score (nSPS) is 13.2. The lowest BCUT2D eigenvalue weighted by Gasteiger charge is -2.25. The van der Waals surface area contributed by atoms with Crippen LogP contribution in [0.25, 0.3) is 0 Å². The molecule has 0 spiro atoms. The number of hydrogen-bond donors (Lipinski definition) is 2. The van der Waals surface area contributed by atoms with Crippen LogP contribution in [-0.4, -0.2) is 25.9 Å². The van der Waals surface area contributed by atoms with Crippen LogP contribution in [0.2, 0.25) is 10.0 Å². The van der Waals surface area contributed by atoms with Crippen molar-refractivity contribution in [1.82, 2.24) is 10.0 Å². The van der Waals surface area contributed by atoms with Gasteiger partial charge in [-0.1, -0.05) is 53.5 Å². The smallest absolute Gasteiger partial charge is 0.242 e. The van der Waals surface area contributed by atoms with Crippen LogP contribution in [0.3, 0.4) is 0 Å². The second-order valence-corrected chi connectivity index (χ2v) is 9.70. The van der Waals surface area contributed by atoms with Crippen LogP contribution in [0.15, 0.2) is 53.4 Å². The minimum Gasteiger partial charge on any atom is -0.350 e. The lowest BCUT2D eigenvalue weighted by Crippen LogP contribution is -2.53. The van der Waals surface area contributed by atoms with E-state index >= 15 is 0 Å². The Hall–Kier alpha value is -1.60. The SMILES string of the molecule is CC(C)(C)NC(=O)[C@H](Cc1ccccc1)NS(=O)(=O)c1cc(Cl)ccc1Cl. The van der Waals surface area contributed by atoms with E-state index in [1.165, 1.54) is 18.2 Å². The summed E-state index contributed by atoms with van der Waals surface area (Å²) < 4.78 is 28.1. The average Bonchev–Trinajstić information content (AvgIpc) is 2.55. The van der Waals surface area contributed by atoms with Gasteiger partial charge in [-0.3, -0.25) is 4.79 Å². The maximum absolute atomic E-state index is 12.8. The summed E-state index contributed by atoms with van der Waals surface area (Å²) >= 11 is 11.9. The van der Waals surface area contributed by atoms with Crippen LogP contribution in [0.1, 0.15) is 26.3 Å². The van der Waals surface area contributed by atoms with Gasteiger partial charge in [0.2, 0.25) is 15.9 Å². The molecule has 0 aliphatic carbocycles. The van der Waals surface area contributed by atoms with Crippen molar-refractivity contribution in [2.75, 3.05) is 0 Å². The van der Waals surface area contributed by atoms with Crippen molar-refractivity contribution in [1.29, 1.82) is 0 Å². The van der Waals surface area contributed by atoms with Crippen molar-refractivity contribution in [3.05, 3.63) is 64.1 Å². The van der Waals surface area contributed by atoms with Gasteiger partial charge in [0, 0.05) is 10.6 Å². The summed E-state index contributed by atoms with van der Waals surface area (Å²) in [6.45, 7) is 5.48. The summed E-state index contributed by atoms with van der Waals surface area (Å²) in [5, 5.41) is 3.08. The lowest BCUT2D eigenvalue weighted by molar-refractivity contribution is -0.124. The van der Waals surface area contributed by atoms with Crippen molar-refractivity contribution in [3.8, 4) is 0 Å². The Morgan fingerprint density at radius 3 is 2.30 bits per heavy atom. The number of amides is 1. The Balaban J connectivity index is 2.35. The molecule has 5 nitrogen and oxygen atoms in total. The van der Waals surface area contributed by atoms with E-state index in [4.69, 9.17) is 23.2 Å². The van der Waals surface area contributed by atoms with Crippen molar-refractivity contribution >= 4 is 39.1 Å². The summed E-state index contributed by atoms with van der Waals surface area (Å²) in [6, 6.07) is 12.3. The Bertz CT molecular complexity index is 910. The van der Waals surface area contributed by atoms with E-state index in [2.05, 4.69) is 10.0 Å². The predicted molar refractivity (Wildman–Crippen MR) is 109 cm³/mol. The van der Waals surface area contributed by atoms with Crippen LogP contribution in [0.4, 0.5) is 0 Å². The molecule has 2 rings (SSSR count). The molecule has 2 N–H and O–H groups in total. The topological polar surface area (TPSA) is 75.3 Å². The van der Waals surface area contributed by atoms with E-state index in [9.17, 15) is 13.2 Å². The quantitative estimate of drug-likeness (QED) is 0.734. The highest BCUT2D eigenvalue weighted by molar-refractivity contribution is 7.89. The van der Waals surface area contributed by atoms with Crippen LogP contribution >= 0.6 is 23.2 Å². The minimum absolute atomic E-state index is 0.0293. The fourth-order valence-corrected chi connectivity index (χ4v) is 4.39. The molecule has 0 radical (unpaired) electrons. The van der Waals surface area contributed by atoms with Gasteiger partial charge in [-0.2, -0.15) is 4.72 Å². The third kappa shape index (κ3) is 6.50. The monoisotopic (exact) mass is 428 g/mol. The first-order valence-corrected chi connectivity index (χ1v) is 10.6. The number of sulfonamides is 1. The van der Waals surface area contributed by atoms with Crippen LogP contribution < -0.4 is 10.0 Å². The van der Waals surface area contributed by atoms with Gasteiger partial charge in [0.1, 0.15) is 10.9 Å². The number of nitrogens with one attached hydrogen (secondary N) is 2. The van der Waals surface area contributed by atoms with E-state index in [1.807, 2.05) is 51.1 Å². The molecule has 0 saturated carbocycles. The van der Waals surface area contributed by atoms with Gasteiger partial charge in [0.05, 0.1) is 5.02 Å². The number of rotatable bonds is 6. The fourth-order valence-electron chi connectivity index (χ4n) is 2.43. The molecule has 2 aromatic rings. The van der Waals surface area contributed by atoms with Gasteiger partial charge in [-0.15, -0.1) is 0 Å². The third-order valence-electron chi connectivity index (χ3n) is 3.58. The Morgan fingerprint density at radius 1 is 1.07 bits per heavy atom. The van der Waals surface area contributed by atoms with Crippen molar-refractivity contribution in [3.63, 3.8) is 0 Å². The number of carbonyl (C=O) groups is 1. The number of carbonyl (C=O) groups excluding carboxylic acids is 1. The summed E-state index contributed by atoms with van der Waals surface area (Å²) in [4.78, 5) is 12.6. The van der Waals surface area contributed by atoms with E-state index in [-0.39, 0.29) is 21.4 Å². The maximum atomic E-state index is 12.8. The van der Waals surface area contributed by atoms with Crippen LogP contribution in [-0.2, 0) is 21.2 Å². The second kappa shape index (κ2) is 8.61. The molecule has 0 fully saturated rings. The van der Waals surface area contributed by atoms with Gasteiger partial charge >= 0.3 is 0 Å². The van der Waals surface area contributed by atoms with E-state index < -0.39 is 27.5 Å². The average molecular weight is 429 g/mol. The van der Waals surface area contributed by atoms with Gasteiger partial charge < -0.3 is 5.32 Å². The first-order chi connectivity index (χ1) is 12.5. The zero-order valence-electron chi connectivity index (χ0n) is 15.3. The second-order valence-electron chi connectivity index (χ2n) is 7.18. The molecule has 27 heavy (non-hydrogen) atoms. The van der Waals surface area contributed by atoms with E-state index in [1.54, 1.807) is 0 Å².